The van der Waals surface area contributed by atoms with Crippen LogP contribution in [0.2, 0.25) is 0 Å². The van der Waals surface area contributed by atoms with Crippen molar-refractivity contribution in [1.82, 2.24) is 15.2 Å². The van der Waals surface area contributed by atoms with Crippen LogP contribution in [-0.4, -0.2) is 40.0 Å². The summed E-state index contributed by atoms with van der Waals surface area (Å²) >= 11 is 0. The fourth-order valence-electron chi connectivity index (χ4n) is 4.49. The molecule has 0 aliphatic carbocycles. The van der Waals surface area contributed by atoms with Gasteiger partial charge in [-0.15, -0.1) is 0 Å². The van der Waals surface area contributed by atoms with E-state index in [9.17, 15) is 14.4 Å². The van der Waals surface area contributed by atoms with Gasteiger partial charge in [-0.05, 0) is 44.0 Å². The molecule has 1 saturated heterocycles. The zero-order chi connectivity index (χ0) is 24.7. The summed E-state index contributed by atoms with van der Waals surface area (Å²) in [5.74, 6) is -0.354. The fourth-order valence-corrected chi connectivity index (χ4v) is 4.49. The van der Waals surface area contributed by atoms with Gasteiger partial charge in [-0.2, -0.15) is 5.10 Å². The van der Waals surface area contributed by atoms with Crippen LogP contribution in [-0.2, 0) is 15.1 Å². The van der Waals surface area contributed by atoms with E-state index < -0.39 is 36.0 Å². The topological polar surface area (TPSA) is 95.2 Å². The van der Waals surface area contributed by atoms with E-state index in [-0.39, 0.29) is 0 Å². The van der Waals surface area contributed by atoms with Gasteiger partial charge < -0.3 is 9.73 Å². The number of nitrogens with zero attached hydrogens (tertiary/aromatic N) is 3. The highest BCUT2D eigenvalue weighted by atomic mass is 16.3. The highest BCUT2D eigenvalue weighted by Gasteiger charge is 2.50. The molecule has 1 N–H and O–H groups in total. The van der Waals surface area contributed by atoms with Gasteiger partial charge in [-0.25, -0.2) is 9.80 Å². The van der Waals surface area contributed by atoms with Gasteiger partial charge >= 0.3 is 6.03 Å². The molecule has 4 amide bonds. The van der Waals surface area contributed by atoms with Crippen molar-refractivity contribution in [2.45, 2.75) is 38.8 Å². The number of aryl methyl sites for hydroxylation is 2. The molecule has 2 aliphatic rings. The number of hydrogen-bond donors (Lipinski definition) is 1. The number of urea groups is 1. The van der Waals surface area contributed by atoms with Crippen LogP contribution in [0.1, 0.15) is 47.4 Å². The molecule has 178 valence electrons. The Labute approximate surface area is 203 Å². The van der Waals surface area contributed by atoms with Crippen LogP contribution in [0.4, 0.5) is 4.79 Å². The molecule has 2 aromatic carbocycles. The van der Waals surface area contributed by atoms with Crippen LogP contribution in [0.3, 0.4) is 0 Å². The van der Waals surface area contributed by atoms with E-state index in [2.05, 4.69) is 10.4 Å². The maximum Gasteiger partial charge on any atom is 0.325 e. The quantitative estimate of drug-likeness (QED) is 0.570. The predicted molar refractivity (Wildman–Crippen MR) is 129 cm³/mol. The van der Waals surface area contributed by atoms with E-state index in [1.807, 2.05) is 62.4 Å². The molecule has 1 fully saturated rings. The molecule has 0 bridgehead atoms. The van der Waals surface area contributed by atoms with Crippen LogP contribution in [0, 0.1) is 13.8 Å². The molecule has 1 aromatic heterocycles. The van der Waals surface area contributed by atoms with Crippen LogP contribution < -0.4 is 5.32 Å². The molecule has 35 heavy (non-hydrogen) atoms. The molecule has 3 aromatic rings. The van der Waals surface area contributed by atoms with Crippen molar-refractivity contribution in [2.24, 2.45) is 5.10 Å². The van der Waals surface area contributed by atoms with Crippen LogP contribution >= 0.6 is 0 Å². The molecule has 0 unspecified atom stereocenters. The van der Waals surface area contributed by atoms with Gasteiger partial charge in [0.2, 0.25) is 0 Å². The highest BCUT2D eigenvalue weighted by molar-refractivity contribution is 6.09. The highest BCUT2D eigenvalue weighted by Crippen LogP contribution is 2.34. The molecule has 8 heteroatoms. The van der Waals surface area contributed by atoms with Crippen LogP contribution in [0.25, 0.3) is 0 Å². The molecule has 3 heterocycles. The Kier molecular flexibility index (Phi) is 5.51. The second-order valence-electron chi connectivity index (χ2n) is 9.20. The number of carbonyl (C=O) groups is 3. The number of carbonyl (C=O) groups excluding carboxylic acids is 3. The number of imide groups is 1. The maximum atomic E-state index is 13.4. The van der Waals surface area contributed by atoms with Crippen molar-refractivity contribution in [3.05, 3.63) is 94.9 Å². The third-order valence-corrected chi connectivity index (χ3v) is 6.62. The van der Waals surface area contributed by atoms with Gasteiger partial charge in [0.25, 0.3) is 11.8 Å². The number of amides is 4. The Balaban J connectivity index is 1.40. The van der Waals surface area contributed by atoms with Gasteiger partial charge in [0.1, 0.15) is 23.9 Å². The van der Waals surface area contributed by atoms with Gasteiger partial charge in [0.15, 0.2) is 0 Å². The van der Waals surface area contributed by atoms with Gasteiger partial charge in [0, 0.05) is 6.42 Å². The molecule has 2 aliphatic heterocycles. The van der Waals surface area contributed by atoms with Crippen molar-refractivity contribution in [3.63, 3.8) is 0 Å². The number of benzene rings is 2. The maximum absolute atomic E-state index is 13.4. The largest absolute Gasteiger partial charge is 0.467 e. The van der Waals surface area contributed by atoms with Crippen LogP contribution in [0.15, 0.2) is 76.4 Å². The lowest BCUT2D eigenvalue weighted by molar-refractivity contribution is -0.140. The minimum Gasteiger partial charge on any atom is -0.467 e. The average molecular weight is 471 g/mol. The SMILES string of the molecule is Cc1ccc(C2=NN(C(=O)CN3C(=O)N[C@](C)(c4ccc(C)cc4)C3=O)[C@@H](c3ccco3)C2)cc1. The first-order valence-electron chi connectivity index (χ1n) is 11.5. The molecular formula is C27H26N4O4. The lowest BCUT2D eigenvalue weighted by atomic mass is 9.91. The third kappa shape index (κ3) is 4.01. The molecule has 5 rings (SSSR count). The van der Waals surface area contributed by atoms with E-state index in [1.165, 1.54) is 5.01 Å². The lowest BCUT2D eigenvalue weighted by Gasteiger charge is -2.24. The zero-order valence-corrected chi connectivity index (χ0v) is 19.8. The summed E-state index contributed by atoms with van der Waals surface area (Å²) in [6.07, 6.45) is 2.01. The summed E-state index contributed by atoms with van der Waals surface area (Å²) in [7, 11) is 0. The molecule has 0 radical (unpaired) electrons. The summed E-state index contributed by atoms with van der Waals surface area (Å²) in [5.41, 5.74) is 3.23. The molecule has 0 saturated carbocycles. The lowest BCUT2D eigenvalue weighted by Crippen LogP contribution is -2.43. The van der Waals surface area contributed by atoms with E-state index in [4.69, 9.17) is 4.42 Å². The summed E-state index contributed by atoms with van der Waals surface area (Å²) < 4.78 is 5.59. The van der Waals surface area contributed by atoms with Crippen molar-refractivity contribution in [3.8, 4) is 0 Å². The Bertz CT molecular complexity index is 1310. The second kappa shape index (κ2) is 8.54. The first-order valence-corrected chi connectivity index (χ1v) is 11.5. The predicted octanol–water partition coefficient (Wildman–Crippen LogP) is 4.04. The molecule has 0 spiro atoms. The zero-order valence-electron chi connectivity index (χ0n) is 19.8. The first kappa shape index (κ1) is 22.6. The number of hydrazone groups is 1. The number of rotatable bonds is 5. The number of hydrogen-bond acceptors (Lipinski definition) is 5. The smallest absolute Gasteiger partial charge is 0.325 e. The average Bonchev–Trinajstić information content (AvgIpc) is 3.56. The van der Waals surface area contributed by atoms with Gasteiger partial charge in [-0.3, -0.25) is 14.5 Å². The summed E-state index contributed by atoms with van der Waals surface area (Å²) in [5, 5.41) is 8.67. The van der Waals surface area contributed by atoms with E-state index >= 15 is 0 Å². The summed E-state index contributed by atoms with van der Waals surface area (Å²) in [6, 6.07) is 17.8. The van der Waals surface area contributed by atoms with Gasteiger partial charge in [-0.1, -0.05) is 59.7 Å². The van der Waals surface area contributed by atoms with Crippen molar-refractivity contribution in [2.75, 3.05) is 6.54 Å². The third-order valence-electron chi connectivity index (χ3n) is 6.62. The van der Waals surface area contributed by atoms with E-state index in [0.717, 1.165) is 27.3 Å². The molecule has 8 nitrogen and oxygen atoms in total. The first-order chi connectivity index (χ1) is 16.8. The molecular weight excluding hydrogens is 444 g/mol. The van der Waals surface area contributed by atoms with Crippen molar-refractivity contribution in [1.29, 1.82) is 0 Å². The van der Waals surface area contributed by atoms with Crippen molar-refractivity contribution >= 4 is 23.6 Å². The number of furan rings is 1. The van der Waals surface area contributed by atoms with Gasteiger partial charge in [0.05, 0.1) is 12.0 Å². The standard InChI is InChI=1S/C27H26N4O4/c1-17-6-10-19(11-7-17)21-15-22(23-5-4-14-35-23)31(29-21)24(32)16-30-25(33)27(3,28-26(30)34)20-12-8-18(2)9-13-20/h4-14,22H,15-16H2,1-3H3,(H,28,34)/t22-,27-/m1/s1. The van der Waals surface area contributed by atoms with E-state index in [1.54, 1.807) is 25.3 Å². The minimum atomic E-state index is -1.24. The summed E-state index contributed by atoms with van der Waals surface area (Å²) in [4.78, 5) is 40.5. The normalized spacial score (nSPS) is 21.9. The fraction of sp³-hybridized carbons (Fsp3) is 0.259. The van der Waals surface area contributed by atoms with Crippen LogP contribution in [0.5, 0.6) is 0 Å². The second-order valence-corrected chi connectivity index (χ2v) is 9.20. The Morgan fingerprint density at radius 2 is 1.71 bits per heavy atom. The number of nitrogens with one attached hydrogen (secondary N) is 1. The Morgan fingerprint density at radius 1 is 1.06 bits per heavy atom. The van der Waals surface area contributed by atoms with E-state index in [0.29, 0.717) is 17.7 Å². The Morgan fingerprint density at radius 3 is 2.34 bits per heavy atom. The molecule has 2 atom stereocenters. The minimum absolute atomic E-state index is 0.423. The van der Waals surface area contributed by atoms with Crippen molar-refractivity contribution < 1.29 is 18.8 Å². The monoisotopic (exact) mass is 470 g/mol. The summed E-state index contributed by atoms with van der Waals surface area (Å²) in [6.45, 7) is 5.18. The Hall–Kier alpha value is -4.20.